The molecule has 1 aromatic rings. The number of aliphatic hydroxyl groups is 1. The van der Waals surface area contributed by atoms with Crippen molar-refractivity contribution in [3.05, 3.63) is 12.3 Å². The van der Waals surface area contributed by atoms with Gasteiger partial charge in [-0.25, -0.2) is 0 Å². The van der Waals surface area contributed by atoms with Crippen LogP contribution in [0.3, 0.4) is 0 Å². The quantitative estimate of drug-likeness (QED) is 0.798. The molecule has 0 aliphatic carbocycles. The molecule has 1 atom stereocenters. The number of aliphatic hydroxyl groups excluding tert-OH is 1. The third-order valence-corrected chi connectivity index (χ3v) is 3.53. The molecule has 100 valence electrons. The summed E-state index contributed by atoms with van der Waals surface area (Å²) in [6.07, 6.45) is 3.15. The Bertz CT molecular complexity index is 408. The van der Waals surface area contributed by atoms with E-state index in [-0.39, 0.29) is 18.6 Å². The summed E-state index contributed by atoms with van der Waals surface area (Å²) in [4.78, 5) is 13.8. The van der Waals surface area contributed by atoms with Crippen LogP contribution in [-0.2, 0) is 11.3 Å². The summed E-state index contributed by atoms with van der Waals surface area (Å²) in [6, 6.07) is 1.67. The van der Waals surface area contributed by atoms with E-state index < -0.39 is 0 Å². The number of nitrogens with two attached hydrogens (primary N) is 1. The molecule has 1 aliphatic heterocycles. The highest BCUT2D eigenvalue weighted by Crippen LogP contribution is 2.20. The van der Waals surface area contributed by atoms with Crippen LogP contribution in [0.15, 0.2) is 12.3 Å². The fourth-order valence-corrected chi connectivity index (χ4v) is 2.34. The third kappa shape index (κ3) is 3.01. The molecule has 6 heteroatoms. The Balaban J connectivity index is 1.84. The summed E-state index contributed by atoms with van der Waals surface area (Å²) in [5.74, 6) is 0.798. The SMILES string of the molecule is CC(O)C1CCN(C(=O)Cn2ccc(N)n2)CC1. The first-order valence-electron chi connectivity index (χ1n) is 6.31. The third-order valence-electron chi connectivity index (χ3n) is 3.53. The number of amides is 1. The number of carbonyl (C=O) groups excluding carboxylic acids is 1. The van der Waals surface area contributed by atoms with Crippen LogP contribution in [0.2, 0.25) is 0 Å². The highest BCUT2D eigenvalue weighted by Gasteiger charge is 2.25. The van der Waals surface area contributed by atoms with E-state index in [9.17, 15) is 9.90 Å². The Labute approximate surface area is 106 Å². The number of hydrogen-bond acceptors (Lipinski definition) is 4. The number of anilines is 1. The number of likely N-dealkylation sites (tertiary alicyclic amines) is 1. The molecule has 0 aromatic carbocycles. The number of carbonyl (C=O) groups is 1. The first kappa shape index (κ1) is 12.9. The summed E-state index contributed by atoms with van der Waals surface area (Å²) in [7, 11) is 0. The Morgan fingerprint density at radius 1 is 1.61 bits per heavy atom. The topological polar surface area (TPSA) is 84.4 Å². The number of hydrogen-bond donors (Lipinski definition) is 2. The monoisotopic (exact) mass is 252 g/mol. The van der Waals surface area contributed by atoms with Gasteiger partial charge in [0, 0.05) is 19.3 Å². The zero-order chi connectivity index (χ0) is 13.1. The molecule has 0 saturated carbocycles. The van der Waals surface area contributed by atoms with Gasteiger partial charge in [-0.15, -0.1) is 0 Å². The lowest BCUT2D eigenvalue weighted by molar-refractivity contribution is -0.134. The second-order valence-electron chi connectivity index (χ2n) is 4.90. The number of rotatable bonds is 3. The van der Waals surface area contributed by atoms with Gasteiger partial charge >= 0.3 is 0 Å². The van der Waals surface area contributed by atoms with Crippen molar-refractivity contribution in [2.45, 2.75) is 32.4 Å². The van der Waals surface area contributed by atoms with Gasteiger partial charge in [0.2, 0.25) is 5.91 Å². The molecule has 1 aliphatic rings. The van der Waals surface area contributed by atoms with Crippen molar-refractivity contribution in [1.29, 1.82) is 0 Å². The van der Waals surface area contributed by atoms with Gasteiger partial charge in [0.25, 0.3) is 0 Å². The zero-order valence-corrected chi connectivity index (χ0v) is 10.6. The predicted molar refractivity (Wildman–Crippen MR) is 67.6 cm³/mol. The van der Waals surface area contributed by atoms with Crippen molar-refractivity contribution in [3.63, 3.8) is 0 Å². The van der Waals surface area contributed by atoms with Crippen LogP contribution >= 0.6 is 0 Å². The molecule has 1 unspecified atom stereocenters. The van der Waals surface area contributed by atoms with E-state index in [0.29, 0.717) is 24.8 Å². The molecule has 2 heterocycles. The smallest absolute Gasteiger partial charge is 0.244 e. The second kappa shape index (κ2) is 5.39. The van der Waals surface area contributed by atoms with E-state index in [1.54, 1.807) is 16.9 Å². The van der Waals surface area contributed by atoms with Crippen LogP contribution in [0.5, 0.6) is 0 Å². The molecule has 1 fully saturated rings. The van der Waals surface area contributed by atoms with E-state index in [4.69, 9.17) is 5.73 Å². The van der Waals surface area contributed by atoms with Crippen molar-refractivity contribution in [3.8, 4) is 0 Å². The van der Waals surface area contributed by atoms with Crippen molar-refractivity contribution >= 4 is 11.7 Å². The molecule has 0 spiro atoms. The zero-order valence-electron chi connectivity index (χ0n) is 10.6. The number of nitrogen functional groups attached to an aromatic ring is 1. The lowest BCUT2D eigenvalue weighted by atomic mass is 9.92. The number of aromatic nitrogens is 2. The van der Waals surface area contributed by atoms with E-state index in [1.807, 2.05) is 11.8 Å². The lowest BCUT2D eigenvalue weighted by Gasteiger charge is -2.33. The molecular formula is C12H20N4O2. The van der Waals surface area contributed by atoms with E-state index in [2.05, 4.69) is 5.10 Å². The minimum absolute atomic E-state index is 0.0575. The first-order valence-corrected chi connectivity index (χ1v) is 6.31. The Kier molecular flexibility index (Phi) is 3.86. The number of nitrogens with zero attached hydrogens (tertiary/aromatic N) is 3. The van der Waals surface area contributed by atoms with Crippen LogP contribution < -0.4 is 5.73 Å². The van der Waals surface area contributed by atoms with E-state index in [1.165, 1.54) is 0 Å². The summed E-state index contributed by atoms with van der Waals surface area (Å²) in [5.41, 5.74) is 5.50. The lowest BCUT2D eigenvalue weighted by Crippen LogP contribution is -2.42. The maximum Gasteiger partial charge on any atom is 0.244 e. The predicted octanol–water partition coefficient (Wildman–Crippen LogP) is 0.0847. The molecule has 1 amide bonds. The maximum atomic E-state index is 12.0. The first-order chi connectivity index (χ1) is 8.56. The molecule has 18 heavy (non-hydrogen) atoms. The largest absolute Gasteiger partial charge is 0.393 e. The Morgan fingerprint density at radius 2 is 2.28 bits per heavy atom. The molecule has 0 bridgehead atoms. The van der Waals surface area contributed by atoms with Crippen molar-refractivity contribution in [2.75, 3.05) is 18.8 Å². The average molecular weight is 252 g/mol. The van der Waals surface area contributed by atoms with Gasteiger partial charge in [0.15, 0.2) is 0 Å². The van der Waals surface area contributed by atoms with Crippen LogP contribution in [0, 0.1) is 5.92 Å². The van der Waals surface area contributed by atoms with Gasteiger partial charge < -0.3 is 15.7 Å². The fraction of sp³-hybridized carbons (Fsp3) is 0.667. The van der Waals surface area contributed by atoms with Crippen molar-refractivity contribution in [2.24, 2.45) is 5.92 Å². The van der Waals surface area contributed by atoms with Crippen molar-refractivity contribution in [1.82, 2.24) is 14.7 Å². The average Bonchev–Trinajstić information content (AvgIpc) is 2.75. The van der Waals surface area contributed by atoms with Gasteiger partial charge in [-0.2, -0.15) is 5.10 Å². The minimum Gasteiger partial charge on any atom is -0.393 e. The summed E-state index contributed by atoms with van der Waals surface area (Å²) in [6.45, 7) is 3.47. The Hall–Kier alpha value is -1.56. The van der Waals surface area contributed by atoms with Gasteiger partial charge in [-0.3, -0.25) is 9.48 Å². The van der Waals surface area contributed by atoms with Crippen LogP contribution in [0.1, 0.15) is 19.8 Å². The number of piperidine rings is 1. The summed E-state index contributed by atoms with van der Waals surface area (Å²) < 4.78 is 1.55. The highest BCUT2D eigenvalue weighted by atomic mass is 16.3. The Morgan fingerprint density at radius 3 is 2.78 bits per heavy atom. The fourth-order valence-electron chi connectivity index (χ4n) is 2.34. The summed E-state index contributed by atoms with van der Waals surface area (Å²) >= 11 is 0. The summed E-state index contributed by atoms with van der Waals surface area (Å²) in [5, 5.41) is 13.5. The van der Waals surface area contributed by atoms with Gasteiger partial charge in [0.1, 0.15) is 12.4 Å². The van der Waals surface area contributed by atoms with E-state index >= 15 is 0 Å². The van der Waals surface area contributed by atoms with Gasteiger partial charge in [-0.05, 0) is 31.7 Å². The van der Waals surface area contributed by atoms with E-state index in [0.717, 1.165) is 12.8 Å². The molecule has 0 radical (unpaired) electrons. The van der Waals surface area contributed by atoms with Crippen molar-refractivity contribution < 1.29 is 9.90 Å². The highest BCUT2D eigenvalue weighted by molar-refractivity contribution is 5.76. The molecular weight excluding hydrogens is 232 g/mol. The molecule has 3 N–H and O–H groups in total. The normalized spacial score (nSPS) is 18.9. The van der Waals surface area contributed by atoms with Crippen LogP contribution in [-0.4, -0.2) is 44.9 Å². The minimum atomic E-state index is -0.284. The second-order valence-corrected chi connectivity index (χ2v) is 4.90. The maximum absolute atomic E-state index is 12.0. The molecule has 2 rings (SSSR count). The van der Waals surface area contributed by atoms with Gasteiger partial charge in [0.05, 0.1) is 6.10 Å². The van der Waals surface area contributed by atoms with Gasteiger partial charge in [-0.1, -0.05) is 0 Å². The van der Waals surface area contributed by atoms with Crippen LogP contribution in [0.4, 0.5) is 5.82 Å². The van der Waals surface area contributed by atoms with Crippen LogP contribution in [0.25, 0.3) is 0 Å². The molecule has 1 aromatic heterocycles. The molecule has 6 nitrogen and oxygen atoms in total. The molecule has 1 saturated heterocycles. The standard InChI is InChI=1S/C12H20N4O2/c1-9(17)10-2-5-15(6-3-10)12(18)8-16-7-4-11(13)14-16/h4,7,9-10,17H,2-3,5-6,8H2,1H3,(H2,13,14).